The molecule has 0 aromatic rings. The lowest BCUT2D eigenvalue weighted by Crippen LogP contribution is -2.31. The molecule has 7 heteroatoms. The Hall–Kier alpha value is -3.48. The lowest BCUT2D eigenvalue weighted by molar-refractivity contribution is -0.122. The van der Waals surface area contributed by atoms with E-state index in [4.69, 9.17) is 0 Å². The number of Topliss-reactive ketones (excluding diaryl/α,β-unsaturated/α-hetero) is 2. The van der Waals surface area contributed by atoms with E-state index in [0.29, 0.717) is 25.3 Å². The number of hydrogen-bond donors (Lipinski definition) is 3. The van der Waals surface area contributed by atoms with Crippen LogP contribution in [-0.2, 0) is 19.2 Å². The van der Waals surface area contributed by atoms with Crippen molar-refractivity contribution >= 4 is 23.4 Å². The first-order valence-electron chi connectivity index (χ1n) is 12.7. The maximum Gasteiger partial charge on any atom is 0.259 e. The second kappa shape index (κ2) is 11.1. The van der Waals surface area contributed by atoms with Crippen molar-refractivity contribution in [1.29, 1.82) is 0 Å². The standard InChI is InChI=1S/C29H34N2O5/c1-17-16-22-20-9-4-5-11-24(33)27-28(35)23(31-29(27)36)10-7-15-30-25(34)12-6-3-8-19(20)13-14-21(22)26(17)18(2)32/h3-6,8-9,11-14,17,19-23,26,33H,7,10,15-16H2,1-2H3,(H,30,34)(H,31,36)/t17-,19+,20+,21-,22-,23+,26+/m1/s1. The minimum Gasteiger partial charge on any atom is -0.507 e. The molecular formula is C29H34N2O5. The number of aliphatic hydroxyl groups is 1. The average molecular weight is 491 g/mol. The van der Waals surface area contributed by atoms with Gasteiger partial charge in [-0.05, 0) is 55.9 Å². The number of carbonyl (C=O) groups is 4. The summed E-state index contributed by atoms with van der Waals surface area (Å²) in [7, 11) is 0. The van der Waals surface area contributed by atoms with E-state index in [1.165, 1.54) is 12.2 Å². The zero-order valence-corrected chi connectivity index (χ0v) is 20.7. The molecule has 0 unspecified atom stereocenters. The van der Waals surface area contributed by atoms with Crippen LogP contribution in [0.4, 0.5) is 0 Å². The molecule has 7 nitrogen and oxygen atoms in total. The van der Waals surface area contributed by atoms with Gasteiger partial charge in [-0.25, -0.2) is 0 Å². The first kappa shape index (κ1) is 25.6. The third-order valence-corrected chi connectivity index (χ3v) is 7.84. The quantitative estimate of drug-likeness (QED) is 0.386. The van der Waals surface area contributed by atoms with E-state index < -0.39 is 17.7 Å². The Morgan fingerprint density at radius 3 is 2.50 bits per heavy atom. The molecule has 3 N–H and O–H groups in total. The highest BCUT2D eigenvalue weighted by molar-refractivity contribution is 6.27. The first-order valence-corrected chi connectivity index (χ1v) is 12.7. The number of hydrogen-bond acceptors (Lipinski definition) is 5. The average Bonchev–Trinajstić information content (AvgIpc) is 3.31. The molecule has 2 fully saturated rings. The van der Waals surface area contributed by atoms with Gasteiger partial charge in [-0.15, -0.1) is 0 Å². The summed E-state index contributed by atoms with van der Waals surface area (Å²) >= 11 is 0. The summed E-state index contributed by atoms with van der Waals surface area (Å²) in [5.74, 6) is -0.422. The predicted molar refractivity (Wildman–Crippen MR) is 136 cm³/mol. The number of nitrogens with one attached hydrogen (secondary N) is 2. The van der Waals surface area contributed by atoms with Crippen molar-refractivity contribution in [2.45, 2.75) is 39.2 Å². The number of fused-ring (bicyclic) bond motifs is 5. The van der Waals surface area contributed by atoms with Gasteiger partial charge in [0, 0.05) is 24.5 Å². The van der Waals surface area contributed by atoms with Crippen LogP contribution in [0, 0.1) is 35.5 Å². The van der Waals surface area contributed by atoms with Gasteiger partial charge in [-0.1, -0.05) is 55.5 Å². The Morgan fingerprint density at radius 1 is 0.972 bits per heavy atom. The van der Waals surface area contributed by atoms with Gasteiger partial charge in [0.05, 0.1) is 6.04 Å². The van der Waals surface area contributed by atoms with Gasteiger partial charge < -0.3 is 15.7 Å². The zero-order valence-electron chi connectivity index (χ0n) is 20.7. The van der Waals surface area contributed by atoms with E-state index in [0.717, 1.165) is 6.42 Å². The summed E-state index contributed by atoms with van der Waals surface area (Å²) in [5, 5.41) is 15.9. The summed E-state index contributed by atoms with van der Waals surface area (Å²) in [5.41, 5.74) is -0.232. The number of amides is 2. The fourth-order valence-corrected chi connectivity index (χ4v) is 6.22. The molecule has 2 aliphatic carbocycles. The van der Waals surface area contributed by atoms with Crippen molar-refractivity contribution in [3.05, 3.63) is 72.1 Å². The van der Waals surface area contributed by atoms with Crippen molar-refractivity contribution in [2.75, 3.05) is 6.54 Å². The zero-order chi connectivity index (χ0) is 25.8. The number of rotatable bonds is 1. The van der Waals surface area contributed by atoms with E-state index >= 15 is 0 Å². The molecule has 2 amide bonds. The molecule has 1 saturated heterocycles. The van der Waals surface area contributed by atoms with Crippen LogP contribution < -0.4 is 10.6 Å². The highest BCUT2D eigenvalue weighted by atomic mass is 16.3. The molecule has 0 aromatic carbocycles. The van der Waals surface area contributed by atoms with Crippen molar-refractivity contribution < 1.29 is 24.3 Å². The number of aliphatic hydroxyl groups excluding tert-OH is 1. The van der Waals surface area contributed by atoms with Crippen LogP contribution in [-0.4, -0.2) is 41.1 Å². The van der Waals surface area contributed by atoms with Crippen molar-refractivity contribution in [3.8, 4) is 0 Å². The molecule has 190 valence electrons. The summed E-state index contributed by atoms with van der Waals surface area (Å²) in [6, 6.07) is -0.707. The largest absolute Gasteiger partial charge is 0.507 e. The molecule has 0 spiro atoms. The van der Waals surface area contributed by atoms with E-state index in [-0.39, 0.29) is 52.6 Å². The molecule has 0 aromatic heterocycles. The molecule has 2 heterocycles. The van der Waals surface area contributed by atoms with Gasteiger partial charge in [0.25, 0.3) is 5.91 Å². The molecule has 36 heavy (non-hydrogen) atoms. The second-order valence-corrected chi connectivity index (χ2v) is 10.2. The van der Waals surface area contributed by atoms with Crippen LogP contribution >= 0.6 is 0 Å². The summed E-state index contributed by atoms with van der Waals surface area (Å²) < 4.78 is 0. The number of ketones is 2. The summed E-state index contributed by atoms with van der Waals surface area (Å²) in [4.78, 5) is 49.5. The Morgan fingerprint density at radius 2 is 1.72 bits per heavy atom. The Labute approximate surface area is 211 Å². The summed E-state index contributed by atoms with van der Waals surface area (Å²) in [6.07, 6.45) is 20.2. The molecule has 2 aliphatic heterocycles. The van der Waals surface area contributed by atoms with Gasteiger partial charge in [0.15, 0.2) is 5.78 Å². The van der Waals surface area contributed by atoms with Crippen molar-refractivity contribution in [2.24, 2.45) is 35.5 Å². The fourth-order valence-electron chi connectivity index (χ4n) is 6.22. The van der Waals surface area contributed by atoms with Gasteiger partial charge >= 0.3 is 0 Å². The molecule has 7 atom stereocenters. The number of allylic oxidation sites excluding steroid dienone is 9. The lowest BCUT2D eigenvalue weighted by atomic mass is 9.69. The molecule has 4 rings (SSSR count). The van der Waals surface area contributed by atoms with Crippen LogP contribution in [0.3, 0.4) is 0 Å². The predicted octanol–water partition coefficient (Wildman–Crippen LogP) is 3.28. The van der Waals surface area contributed by atoms with Gasteiger partial charge in [0.1, 0.15) is 17.1 Å². The highest BCUT2D eigenvalue weighted by Gasteiger charge is 2.47. The van der Waals surface area contributed by atoms with Crippen LogP contribution in [0.1, 0.15) is 33.1 Å². The molecule has 0 radical (unpaired) electrons. The Bertz CT molecular complexity index is 1110. The number of carbonyl (C=O) groups excluding carboxylic acids is 4. The smallest absolute Gasteiger partial charge is 0.259 e. The second-order valence-electron chi connectivity index (χ2n) is 10.2. The summed E-state index contributed by atoms with van der Waals surface area (Å²) in [6.45, 7) is 4.18. The van der Waals surface area contributed by atoms with Crippen LogP contribution in [0.5, 0.6) is 0 Å². The topological polar surface area (TPSA) is 113 Å². The maximum absolute atomic E-state index is 12.7. The van der Waals surface area contributed by atoms with Crippen LogP contribution in [0.25, 0.3) is 0 Å². The minimum absolute atomic E-state index is 0.00862. The van der Waals surface area contributed by atoms with Crippen molar-refractivity contribution in [3.63, 3.8) is 0 Å². The van der Waals surface area contributed by atoms with Gasteiger partial charge in [-0.2, -0.15) is 0 Å². The Balaban J connectivity index is 1.65. The van der Waals surface area contributed by atoms with E-state index in [2.05, 4.69) is 41.9 Å². The minimum atomic E-state index is -0.707. The van der Waals surface area contributed by atoms with Crippen LogP contribution in [0.2, 0.25) is 0 Å². The third-order valence-electron chi connectivity index (χ3n) is 7.84. The fraction of sp³-hybridized carbons (Fsp3) is 0.448. The SMILES string of the molecule is CC(=O)[C@H]1[C@@H]2C=C[C@@H]3C=CC=CC(=O)NCCC[C@@H]4NC(=O)C(=C(O)C=CC=C[C@@H]3[C@H]2C[C@H]1C)C4=O. The highest BCUT2D eigenvalue weighted by Crippen LogP contribution is 2.51. The monoisotopic (exact) mass is 490 g/mol. The maximum atomic E-state index is 12.7. The van der Waals surface area contributed by atoms with E-state index in [1.54, 1.807) is 19.1 Å². The lowest BCUT2D eigenvalue weighted by Gasteiger charge is -2.34. The molecule has 4 aliphatic rings. The molecule has 1 saturated carbocycles. The normalized spacial score (nSPS) is 34.9. The van der Waals surface area contributed by atoms with Gasteiger partial charge in [-0.3, -0.25) is 19.2 Å². The molecular weight excluding hydrogens is 456 g/mol. The Kier molecular flexibility index (Phi) is 7.87. The van der Waals surface area contributed by atoms with Crippen molar-refractivity contribution in [1.82, 2.24) is 10.6 Å². The van der Waals surface area contributed by atoms with Crippen LogP contribution in [0.15, 0.2) is 72.1 Å². The van der Waals surface area contributed by atoms with Gasteiger partial charge in [0.2, 0.25) is 5.91 Å². The third kappa shape index (κ3) is 5.35. The van der Waals surface area contributed by atoms with E-state index in [9.17, 15) is 24.3 Å². The first-order chi connectivity index (χ1) is 17.3. The molecule has 2 bridgehead atoms. The van der Waals surface area contributed by atoms with E-state index in [1.807, 2.05) is 12.2 Å².